The number of esters is 2. The molecule has 0 N–H and O–H groups in total. The summed E-state index contributed by atoms with van der Waals surface area (Å²) in [6, 6.07) is 8.29. The fourth-order valence-corrected chi connectivity index (χ4v) is 3.39. The van der Waals surface area contributed by atoms with E-state index in [1.807, 2.05) is 26.8 Å². The average Bonchev–Trinajstić information content (AvgIpc) is 2.83. The van der Waals surface area contributed by atoms with E-state index < -0.39 is 10.8 Å². The summed E-state index contributed by atoms with van der Waals surface area (Å²) in [6.45, 7) is 16.5. The third-order valence-corrected chi connectivity index (χ3v) is 5.56. The average molecular weight is 539 g/mol. The van der Waals surface area contributed by atoms with Gasteiger partial charge in [0.1, 0.15) is 5.75 Å². The lowest BCUT2D eigenvalue weighted by Gasteiger charge is -2.23. The molecule has 7 nitrogen and oxygen atoms in total. The molecule has 39 heavy (non-hydrogen) atoms. The Hall–Kier alpha value is -3.61. The van der Waals surface area contributed by atoms with Gasteiger partial charge < -0.3 is 18.9 Å². The van der Waals surface area contributed by atoms with Crippen LogP contribution in [0.15, 0.2) is 36.4 Å². The Morgan fingerprint density at radius 2 is 1.41 bits per heavy atom. The van der Waals surface area contributed by atoms with Crippen molar-refractivity contribution in [3.8, 4) is 23.0 Å². The SMILES string of the molecule is CCCc1cc(C=CC(=O)c2ccc(OC(=O)C(C)(C)C)cc2)c(OC(C)C)c(OC)c1OC(=O)C(C)(C)C. The minimum Gasteiger partial charge on any atom is -0.490 e. The minimum atomic E-state index is -0.709. The molecule has 0 radical (unpaired) electrons. The first-order chi connectivity index (χ1) is 18.1. The Labute approximate surface area is 232 Å². The number of benzene rings is 2. The highest BCUT2D eigenvalue weighted by Gasteiger charge is 2.29. The number of methoxy groups -OCH3 is 1. The lowest BCUT2D eigenvalue weighted by atomic mass is 9.97. The molecule has 0 spiro atoms. The highest BCUT2D eigenvalue weighted by molar-refractivity contribution is 6.07. The first kappa shape index (κ1) is 31.6. The van der Waals surface area contributed by atoms with Crippen LogP contribution in [0.1, 0.15) is 90.2 Å². The molecule has 7 heteroatoms. The van der Waals surface area contributed by atoms with Crippen LogP contribution in [0, 0.1) is 10.8 Å². The van der Waals surface area contributed by atoms with Crippen LogP contribution in [0.5, 0.6) is 23.0 Å². The van der Waals surface area contributed by atoms with Gasteiger partial charge in [-0.2, -0.15) is 0 Å². The number of hydrogen-bond donors (Lipinski definition) is 0. The van der Waals surface area contributed by atoms with Crippen molar-refractivity contribution in [3.05, 3.63) is 53.1 Å². The number of rotatable bonds is 10. The smallest absolute Gasteiger partial charge is 0.316 e. The molecular weight excluding hydrogens is 496 g/mol. The molecule has 0 bridgehead atoms. The predicted octanol–water partition coefficient (Wildman–Crippen LogP) is 7.23. The van der Waals surface area contributed by atoms with Crippen molar-refractivity contribution < 1.29 is 33.3 Å². The standard InChI is InChI=1S/C32H42O7/c1-11-12-22-19-23(26(37-20(2)3)28(36-10)27(22)39-30(35)32(7,8)9)15-18-25(33)21-13-16-24(17-14-21)38-29(34)31(4,5)6/h13-20H,11-12H2,1-10H3. The Morgan fingerprint density at radius 3 is 1.90 bits per heavy atom. The number of ether oxygens (including phenoxy) is 4. The van der Waals surface area contributed by atoms with E-state index in [-0.39, 0.29) is 23.8 Å². The maximum absolute atomic E-state index is 13.0. The highest BCUT2D eigenvalue weighted by Crippen LogP contribution is 2.45. The fraction of sp³-hybridized carbons (Fsp3) is 0.469. The van der Waals surface area contributed by atoms with E-state index in [9.17, 15) is 14.4 Å². The van der Waals surface area contributed by atoms with E-state index in [4.69, 9.17) is 18.9 Å². The van der Waals surface area contributed by atoms with E-state index in [1.54, 1.807) is 71.9 Å². The lowest BCUT2D eigenvalue weighted by Crippen LogP contribution is -2.26. The second-order valence-electron chi connectivity index (χ2n) is 11.7. The van der Waals surface area contributed by atoms with Gasteiger partial charge in [0.15, 0.2) is 17.3 Å². The van der Waals surface area contributed by atoms with Gasteiger partial charge in [-0.3, -0.25) is 14.4 Å². The maximum Gasteiger partial charge on any atom is 0.316 e. The van der Waals surface area contributed by atoms with Crippen LogP contribution in [-0.4, -0.2) is 30.9 Å². The first-order valence-electron chi connectivity index (χ1n) is 13.3. The zero-order valence-corrected chi connectivity index (χ0v) is 24.9. The monoisotopic (exact) mass is 538 g/mol. The first-order valence-corrected chi connectivity index (χ1v) is 13.3. The highest BCUT2D eigenvalue weighted by atomic mass is 16.6. The summed E-state index contributed by atoms with van der Waals surface area (Å²) in [6.07, 6.45) is 4.36. The van der Waals surface area contributed by atoms with Gasteiger partial charge in [-0.15, -0.1) is 0 Å². The summed E-state index contributed by atoms with van der Waals surface area (Å²) in [5.41, 5.74) is 0.498. The summed E-state index contributed by atoms with van der Waals surface area (Å²) >= 11 is 0. The second kappa shape index (κ2) is 13.0. The number of carbonyl (C=O) groups is 3. The lowest BCUT2D eigenvalue weighted by molar-refractivity contribution is -0.143. The summed E-state index contributed by atoms with van der Waals surface area (Å²) in [5, 5.41) is 0. The predicted molar refractivity (Wildman–Crippen MR) is 153 cm³/mol. The Kier molecular flexibility index (Phi) is 10.5. The van der Waals surface area contributed by atoms with Gasteiger partial charge in [-0.25, -0.2) is 0 Å². The molecule has 0 atom stereocenters. The van der Waals surface area contributed by atoms with Crippen LogP contribution in [-0.2, 0) is 16.0 Å². The van der Waals surface area contributed by atoms with E-state index >= 15 is 0 Å². The molecule has 0 aliphatic heterocycles. The molecule has 0 amide bonds. The van der Waals surface area contributed by atoms with Gasteiger partial charge in [0.05, 0.1) is 24.0 Å². The van der Waals surface area contributed by atoms with Crippen molar-refractivity contribution in [2.45, 2.75) is 81.3 Å². The van der Waals surface area contributed by atoms with Gasteiger partial charge in [0.25, 0.3) is 0 Å². The van der Waals surface area contributed by atoms with Crippen molar-refractivity contribution in [3.63, 3.8) is 0 Å². The van der Waals surface area contributed by atoms with E-state index in [0.717, 1.165) is 12.0 Å². The third kappa shape index (κ3) is 8.70. The molecule has 212 valence electrons. The topological polar surface area (TPSA) is 88.1 Å². The fourth-order valence-electron chi connectivity index (χ4n) is 3.39. The van der Waals surface area contributed by atoms with Crippen molar-refractivity contribution in [1.29, 1.82) is 0 Å². The largest absolute Gasteiger partial charge is 0.490 e. The molecule has 2 rings (SSSR count). The van der Waals surface area contributed by atoms with Crippen molar-refractivity contribution >= 4 is 23.8 Å². The second-order valence-corrected chi connectivity index (χ2v) is 11.7. The van der Waals surface area contributed by atoms with Crippen LogP contribution in [0.4, 0.5) is 0 Å². The third-order valence-electron chi connectivity index (χ3n) is 5.56. The van der Waals surface area contributed by atoms with Gasteiger partial charge >= 0.3 is 11.9 Å². The number of hydrogen-bond acceptors (Lipinski definition) is 7. The molecule has 2 aromatic rings. The number of aryl methyl sites for hydroxylation is 1. The number of carbonyl (C=O) groups excluding carboxylic acids is 3. The molecule has 0 fully saturated rings. The van der Waals surface area contributed by atoms with Gasteiger partial charge in [-0.1, -0.05) is 13.3 Å². The molecular formula is C32H42O7. The van der Waals surface area contributed by atoms with E-state index in [2.05, 4.69) is 0 Å². The van der Waals surface area contributed by atoms with Gasteiger partial charge in [0.2, 0.25) is 5.75 Å². The summed E-state index contributed by atoms with van der Waals surface area (Å²) in [7, 11) is 1.50. The van der Waals surface area contributed by atoms with Crippen molar-refractivity contribution in [1.82, 2.24) is 0 Å². The zero-order chi connectivity index (χ0) is 29.5. The Morgan fingerprint density at radius 1 is 0.846 bits per heavy atom. The minimum absolute atomic E-state index is 0.201. The maximum atomic E-state index is 13.0. The number of ketones is 1. The molecule has 0 unspecified atom stereocenters. The molecule has 0 aliphatic rings. The van der Waals surface area contributed by atoms with Crippen molar-refractivity contribution in [2.24, 2.45) is 10.8 Å². The molecule has 0 aromatic heterocycles. The summed E-state index contributed by atoms with van der Waals surface area (Å²) in [4.78, 5) is 37.9. The number of allylic oxidation sites excluding steroid dienone is 1. The van der Waals surface area contributed by atoms with Crippen molar-refractivity contribution in [2.75, 3.05) is 7.11 Å². The molecule has 0 saturated carbocycles. The van der Waals surface area contributed by atoms with Crippen LogP contribution in [0.25, 0.3) is 6.08 Å². The van der Waals surface area contributed by atoms with E-state index in [1.165, 1.54) is 13.2 Å². The molecule has 0 aliphatic carbocycles. The quantitative estimate of drug-likeness (QED) is 0.136. The normalized spacial score (nSPS) is 12.0. The van der Waals surface area contributed by atoms with Crippen LogP contribution < -0.4 is 18.9 Å². The van der Waals surface area contributed by atoms with Gasteiger partial charge in [-0.05, 0) is 110 Å². The van der Waals surface area contributed by atoms with E-state index in [0.29, 0.717) is 40.5 Å². The molecule has 0 heterocycles. The Bertz CT molecular complexity index is 1210. The summed E-state index contributed by atoms with van der Waals surface area (Å²) in [5.74, 6) is 0.424. The molecule has 0 saturated heterocycles. The zero-order valence-electron chi connectivity index (χ0n) is 24.9. The van der Waals surface area contributed by atoms with Crippen LogP contribution in [0.2, 0.25) is 0 Å². The van der Waals surface area contributed by atoms with Crippen LogP contribution in [0.3, 0.4) is 0 Å². The summed E-state index contributed by atoms with van der Waals surface area (Å²) < 4.78 is 23.0. The van der Waals surface area contributed by atoms with Gasteiger partial charge in [0, 0.05) is 11.1 Å². The molecule has 2 aromatic carbocycles. The Balaban J connectivity index is 2.47. The van der Waals surface area contributed by atoms with Crippen LogP contribution >= 0.6 is 0 Å².